The number of rotatable bonds is 5. The van der Waals surface area contributed by atoms with Crippen LogP contribution in [0.2, 0.25) is 0 Å². The van der Waals surface area contributed by atoms with Crippen LogP contribution in [0.4, 0.5) is 4.39 Å². The van der Waals surface area contributed by atoms with Gasteiger partial charge in [-0.05, 0) is 48.2 Å². The van der Waals surface area contributed by atoms with Gasteiger partial charge in [-0.3, -0.25) is 14.3 Å². The van der Waals surface area contributed by atoms with E-state index in [1.54, 1.807) is 22.9 Å². The molecule has 0 spiro atoms. The lowest BCUT2D eigenvalue weighted by atomic mass is 10.1. The van der Waals surface area contributed by atoms with Crippen LogP contribution >= 0.6 is 11.8 Å². The van der Waals surface area contributed by atoms with Crippen LogP contribution in [0.25, 0.3) is 5.69 Å². The van der Waals surface area contributed by atoms with Gasteiger partial charge in [0.1, 0.15) is 11.5 Å². The Balaban J connectivity index is 1.27. The van der Waals surface area contributed by atoms with Gasteiger partial charge in [0.15, 0.2) is 16.7 Å². The fourth-order valence-electron chi connectivity index (χ4n) is 4.04. The molecule has 2 aromatic carbocycles. The standard InChI is InChI=1S/C23H23FN4O3S/c1-32-23-25-13-19(28(23)18-5-3-17(24)4-6-18)22(29)27-10-8-26(9-11-27)14-16-2-7-20-21(12-16)31-15-30-20/h2-7,12-13H,8-11,14-15H2,1H3. The minimum atomic E-state index is -0.314. The summed E-state index contributed by atoms with van der Waals surface area (Å²) in [4.78, 5) is 21.9. The fourth-order valence-corrected chi connectivity index (χ4v) is 4.58. The average Bonchev–Trinajstić information content (AvgIpc) is 3.46. The molecule has 1 saturated heterocycles. The number of halogens is 1. The molecule has 3 heterocycles. The summed E-state index contributed by atoms with van der Waals surface area (Å²) in [6.45, 7) is 3.88. The van der Waals surface area contributed by atoms with Crippen molar-refractivity contribution in [3.05, 3.63) is 65.7 Å². The summed E-state index contributed by atoms with van der Waals surface area (Å²) in [5, 5.41) is 0.696. The lowest BCUT2D eigenvalue weighted by Crippen LogP contribution is -2.48. The minimum absolute atomic E-state index is 0.0649. The van der Waals surface area contributed by atoms with Crippen molar-refractivity contribution in [1.82, 2.24) is 19.4 Å². The highest BCUT2D eigenvalue weighted by Crippen LogP contribution is 2.33. The number of hydrogen-bond donors (Lipinski definition) is 0. The Morgan fingerprint density at radius 1 is 1.06 bits per heavy atom. The zero-order valence-electron chi connectivity index (χ0n) is 17.7. The van der Waals surface area contributed by atoms with Crippen LogP contribution < -0.4 is 9.47 Å². The summed E-state index contributed by atoms with van der Waals surface area (Å²) in [6.07, 6.45) is 3.52. The quantitative estimate of drug-likeness (QED) is 0.551. The highest BCUT2D eigenvalue weighted by atomic mass is 32.2. The topological polar surface area (TPSA) is 59.8 Å². The number of aromatic nitrogens is 2. The van der Waals surface area contributed by atoms with Crippen LogP contribution in [0.15, 0.2) is 53.8 Å². The second-order valence-electron chi connectivity index (χ2n) is 7.70. The summed E-state index contributed by atoms with van der Waals surface area (Å²) in [6, 6.07) is 12.1. The molecule has 7 nitrogen and oxygen atoms in total. The van der Waals surface area contributed by atoms with Crippen LogP contribution in [-0.2, 0) is 6.54 Å². The van der Waals surface area contributed by atoms with Gasteiger partial charge in [-0.2, -0.15) is 0 Å². The maximum atomic E-state index is 13.4. The summed E-state index contributed by atoms with van der Waals surface area (Å²) in [5.74, 6) is 1.19. The van der Waals surface area contributed by atoms with Gasteiger partial charge in [-0.1, -0.05) is 17.8 Å². The number of piperazine rings is 1. The number of nitrogens with zero attached hydrogens (tertiary/aromatic N) is 4. The Kier molecular flexibility index (Phi) is 5.75. The third-order valence-electron chi connectivity index (χ3n) is 5.72. The van der Waals surface area contributed by atoms with Crippen LogP contribution in [0.1, 0.15) is 16.1 Å². The normalized spacial score (nSPS) is 15.9. The molecule has 32 heavy (non-hydrogen) atoms. The molecule has 1 aromatic heterocycles. The van der Waals surface area contributed by atoms with Crippen LogP contribution in [0.5, 0.6) is 11.5 Å². The first kappa shape index (κ1) is 20.8. The van der Waals surface area contributed by atoms with Crippen LogP contribution in [0, 0.1) is 5.82 Å². The zero-order chi connectivity index (χ0) is 22.1. The van der Waals surface area contributed by atoms with E-state index in [0.717, 1.165) is 42.4 Å². The number of carbonyl (C=O) groups excluding carboxylic acids is 1. The summed E-state index contributed by atoms with van der Waals surface area (Å²) in [7, 11) is 0. The molecule has 0 N–H and O–H groups in total. The lowest BCUT2D eigenvalue weighted by molar-refractivity contribution is 0.0620. The van der Waals surface area contributed by atoms with E-state index in [9.17, 15) is 9.18 Å². The zero-order valence-corrected chi connectivity index (χ0v) is 18.5. The van der Waals surface area contributed by atoms with E-state index in [-0.39, 0.29) is 18.5 Å². The summed E-state index contributed by atoms with van der Waals surface area (Å²) in [5.41, 5.74) is 2.37. The monoisotopic (exact) mass is 454 g/mol. The Hall–Kier alpha value is -3.04. The van der Waals surface area contributed by atoms with Crippen molar-refractivity contribution in [3.8, 4) is 17.2 Å². The van der Waals surface area contributed by atoms with E-state index < -0.39 is 0 Å². The molecule has 9 heteroatoms. The van der Waals surface area contributed by atoms with Gasteiger partial charge in [0.25, 0.3) is 5.91 Å². The molecule has 1 amide bonds. The number of fused-ring (bicyclic) bond motifs is 1. The predicted molar refractivity (Wildman–Crippen MR) is 119 cm³/mol. The molecule has 0 unspecified atom stereocenters. The van der Waals surface area contributed by atoms with Crippen molar-refractivity contribution in [3.63, 3.8) is 0 Å². The van der Waals surface area contributed by atoms with Crippen LogP contribution in [0.3, 0.4) is 0 Å². The molecule has 0 radical (unpaired) electrons. The average molecular weight is 455 g/mol. The Labute approximate surface area is 189 Å². The molecule has 3 aromatic rings. The van der Waals surface area contributed by atoms with E-state index >= 15 is 0 Å². The predicted octanol–water partition coefficient (Wildman–Crippen LogP) is 3.42. The minimum Gasteiger partial charge on any atom is -0.454 e. The van der Waals surface area contributed by atoms with E-state index in [1.165, 1.54) is 23.9 Å². The van der Waals surface area contributed by atoms with Gasteiger partial charge >= 0.3 is 0 Å². The highest BCUT2D eigenvalue weighted by Gasteiger charge is 2.26. The second kappa shape index (κ2) is 8.84. The maximum absolute atomic E-state index is 13.4. The Morgan fingerprint density at radius 2 is 1.81 bits per heavy atom. The van der Waals surface area contributed by atoms with Gasteiger partial charge in [0.05, 0.1) is 6.20 Å². The molecule has 0 aliphatic carbocycles. The van der Waals surface area contributed by atoms with Crippen molar-refractivity contribution in [1.29, 1.82) is 0 Å². The number of hydrogen-bond acceptors (Lipinski definition) is 6. The van der Waals surface area contributed by atoms with E-state index in [0.29, 0.717) is 23.9 Å². The maximum Gasteiger partial charge on any atom is 0.272 e. The van der Waals surface area contributed by atoms with Crippen molar-refractivity contribution in [2.45, 2.75) is 11.7 Å². The molecule has 0 atom stereocenters. The SMILES string of the molecule is CSc1ncc(C(=O)N2CCN(Cc3ccc4c(c3)OCO4)CC2)n1-c1ccc(F)cc1. The second-order valence-corrected chi connectivity index (χ2v) is 8.47. The van der Waals surface area contributed by atoms with Crippen LogP contribution in [-0.4, -0.2) is 64.5 Å². The lowest BCUT2D eigenvalue weighted by Gasteiger charge is -2.34. The first-order chi connectivity index (χ1) is 15.6. The van der Waals surface area contributed by atoms with E-state index in [1.807, 2.05) is 23.3 Å². The highest BCUT2D eigenvalue weighted by molar-refractivity contribution is 7.98. The van der Waals surface area contributed by atoms with Gasteiger partial charge in [-0.25, -0.2) is 9.37 Å². The summed E-state index contributed by atoms with van der Waals surface area (Å²) >= 11 is 1.45. The first-order valence-electron chi connectivity index (χ1n) is 10.4. The van der Waals surface area contributed by atoms with Crippen molar-refractivity contribution < 1.29 is 18.7 Å². The molecule has 1 fully saturated rings. The fraction of sp³-hybridized carbons (Fsp3) is 0.304. The summed E-state index contributed by atoms with van der Waals surface area (Å²) < 4.78 is 26.0. The molecule has 0 bridgehead atoms. The Bertz CT molecular complexity index is 1130. The molecule has 166 valence electrons. The molecular weight excluding hydrogens is 431 g/mol. The van der Waals surface area contributed by atoms with Gasteiger partial charge in [-0.15, -0.1) is 0 Å². The number of thioether (sulfide) groups is 1. The number of amides is 1. The molecule has 5 rings (SSSR count). The van der Waals surface area contributed by atoms with Crippen molar-refractivity contribution >= 4 is 17.7 Å². The van der Waals surface area contributed by atoms with E-state index in [2.05, 4.69) is 16.0 Å². The number of ether oxygens (including phenoxy) is 2. The van der Waals surface area contributed by atoms with E-state index in [4.69, 9.17) is 9.47 Å². The van der Waals surface area contributed by atoms with Gasteiger partial charge in [0.2, 0.25) is 6.79 Å². The molecule has 2 aliphatic heterocycles. The third kappa shape index (κ3) is 4.05. The number of carbonyl (C=O) groups is 1. The first-order valence-corrected chi connectivity index (χ1v) is 11.6. The third-order valence-corrected chi connectivity index (χ3v) is 6.37. The molecule has 0 saturated carbocycles. The number of imidazole rings is 1. The van der Waals surface area contributed by atoms with Gasteiger partial charge < -0.3 is 14.4 Å². The number of benzene rings is 2. The smallest absolute Gasteiger partial charge is 0.272 e. The Morgan fingerprint density at radius 3 is 2.56 bits per heavy atom. The molecule has 2 aliphatic rings. The largest absolute Gasteiger partial charge is 0.454 e. The molecular formula is C23H23FN4O3S. The van der Waals surface area contributed by atoms with Gasteiger partial charge in [0, 0.05) is 38.4 Å². The van der Waals surface area contributed by atoms with Crippen molar-refractivity contribution in [2.75, 3.05) is 39.2 Å². The van der Waals surface area contributed by atoms with Crippen molar-refractivity contribution in [2.24, 2.45) is 0 Å².